The number of ether oxygens (including phenoxy) is 1. The number of rotatable bonds is 7. The number of nitrogens with one attached hydrogen (secondary N) is 4. The van der Waals surface area contributed by atoms with Crippen LogP contribution in [-0.2, 0) is 13.1 Å². The van der Waals surface area contributed by atoms with Crippen LogP contribution in [0.2, 0.25) is 5.02 Å². The maximum Gasteiger partial charge on any atom is 0.387 e. The molecule has 0 unspecified atom stereocenters. The van der Waals surface area contributed by atoms with Crippen molar-refractivity contribution in [3.8, 4) is 5.75 Å². The van der Waals surface area contributed by atoms with Crippen LogP contribution in [0.1, 0.15) is 17.5 Å². The highest BCUT2D eigenvalue weighted by Crippen LogP contribution is 2.37. The molecule has 3 aromatic rings. The summed E-state index contributed by atoms with van der Waals surface area (Å²) in [6.45, 7) is 0.346. The summed E-state index contributed by atoms with van der Waals surface area (Å²) in [6, 6.07) is 12.1. The first-order valence-electron chi connectivity index (χ1n) is 11.5. The molecule has 6 rings (SSSR count). The van der Waals surface area contributed by atoms with Crippen LogP contribution in [0.5, 0.6) is 5.75 Å². The van der Waals surface area contributed by atoms with E-state index in [4.69, 9.17) is 16.3 Å². The molecule has 0 amide bonds. The fourth-order valence-corrected chi connectivity index (χ4v) is 5.21. The number of halogens is 3. The van der Waals surface area contributed by atoms with Crippen LogP contribution in [-0.4, -0.2) is 41.8 Å². The highest BCUT2D eigenvalue weighted by Gasteiger charge is 2.37. The third-order valence-corrected chi connectivity index (χ3v) is 6.98. The Balaban J connectivity index is 1.26. The maximum atomic E-state index is 13.2. The summed E-state index contributed by atoms with van der Waals surface area (Å²) in [5, 5.41) is 13.4. The Morgan fingerprint density at radius 3 is 2.86 bits per heavy atom. The number of hydrogen-bond donors (Lipinski definition) is 4. The van der Waals surface area contributed by atoms with E-state index >= 15 is 0 Å². The molecular formula is C24H24ClF2N7O. The van der Waals surface area contributed by atoms with E-state index in [2.05, 4.69) is 42.2 Å². The molecule has 4 N–H and O–H groups in total. The van der Waals surface area contributed by atoms with Crippen molar-refractivity contribution in [1.29, 1.82) is 0 Å². The van der Waals surface area contributed by atoms with Crippen LogP contribution in [0.25, 0.3) is 0 Å². The van der Waals surface area contributed by atoms with Gasteiger partial charge in [-0.25, -0.2) is 4.98 Å². The lowest BCUT2D eigenvalue weighted by Gasteiger charge is -2.30. The number of piperazine rings is 1. The lowest BCUT2D eigenvalue weighted by Crippen LogP contribution is -2.43. The Morgan fingerprint density at radius 1 is 1.14 bits per heavy atom. The zero-order valence-corrected chi connectivity index (χ0v) is 19.4. The van der Waals surface area contributed by atoms with Crippen molar-refractivity contribution in [2.75, 3.05) is 28.6 Å². The van der Waals surface area contributed by atoms with Crippen LogP contribution < -0.4 is 30.9 Å². The molecule has 0 saturated carbocycles. The Bertz CT molecular complexity index is 1260. The first kappa shape index (κ1) is 22.3. The number of benzene rings is 2. The second kappa shape index (κ2) is 9.10. The Labute approximate surface area is 206 Å². The third-order valence-electron chi connectivity index (χ3n) is 6.70. The van der Waals surface area contributed by atoms with E-state index in [9.17, 15) is 8.78 Å². The first-order chi connectivity index (χ1) is 17.0. The summed E-state index contributed by atoms with van der Waals surface area (Å²) in [5.41, 5.74) is 4.47. The number of aromatic nitrogens is 2. The largest absolute Gasteiger partial charge is 0.433 e. The average Bonchev–Trinajstić information content (AvgIpc) is 3.59. The Hall–Kier alpha value is -3.21. The molecule has 0 aliphatic carbocycles. The molecule has 2 saturated heterocycles. The van der Waals surface area contributed by atoms with Gasteiger partial charge in [-0.2, -0.15) is 13.8 Å². The number of hydrogen-bond acceptors (Lipinski definition) is 8. The molecule has 0 radical (unpaired) electrons. The molecule has 3 aliphatic rings. The molecule has 0 spiro atoms. The summed E-state index contributed by atoms with van der Waals surface area (Å²) in [7, 11) is 0. The van der Waals surface area contributed by atoms with Gasteiger partial charge < -0.3 is 30.9 Å². The van der Waals surface area contributed by atoms with Crippen molar-refractivity contribution >= 4 is 40.4 Å². The van der Waals surface area contributed by atoms with Gasteiger partial charge in [-0.05, 0) is 35.7 Å². The standard InChI is InChI=1S/C24H24ClF2N7O/c25-18-11-30-24(33-22(18)31-19-3-1-2-13-8-28-10-17(13)19)32-20-5-4-15(7-21(20)35-23(26)27)34-12-14-6-16(34)9-29-14/h1-5,7,11,14,16,23,28-29H,6,8-10,12H2,(H2,30,31,32,33)/t14-,16-/m1/s1. The molecule has 35 heavy (non-hydrogen) atoms. The van der Waals surface area contributed by atoms with Crippen molar-refractivity contribution in [2.45, 2.75) is 38.2 Å². The van der Waals surface area contributed by atoms with Crippen molar-refractivity contribution < 1.29 is 13.5 Å². The summed E-state index contributed by atoms with van der Waals surface area (Å²) >= 11 is 6.36. The molecule has 8 nitrogen and oxygen atoms in total. The number of anilines is 5. The minimum absolute atomic E-state index is 0.0354. The molecule has 2 atom stereocenters. The van der Waals surface area contributed by atoms with Crippen molar-refractivity contribution in [1.82, 2.24) is 20.6 Å². The van der Waals surface area contributed by atoms with Gasteiger partial charge in [-0.1, -0.05) is 23.7 Å². The van der Waals surface area contributed by atoms with E-state index in [0.29, 0.717) is 28.6 Å². The number of alkyl halides is 2. The quantitative estimate of drug-likeness (QED) is 0.381. The highest BCUT2D eigenvalue weighted by molar-refractivity contribution is 6.32. The van der Waals surface area contributed by atoms with Crippen LogP contribution in [0, 0.1) is 0 Å². The van der Waals surface area contributed by atoms with E-state index in [1.807, 2.05) is 18.2 Å². The fourth-order valence-electron chi connectivity index (χ4n) is 5.07. The van der Waals surface area contributed by atoms with Gasteiger partial charge in [-0.3, -0.25) is 0 Å². The number of fused-ring (bicyclic) bond motifs is 3. The molecule has 3 aliphatic heterocycles. The van der Waals surface area contributed by atoms with Gasteiger partial charge >= 0.3 is 6.61 Å². The Morgan fingerprint density at radius 2 is 2.06 bits per heavy atom. The van der Waals surface area contributed by atoms with Gasteiger partial charge in [0.15, 0.2) is 11.6 Å². The summed E-state index contributed by atoms with van der Waals surface area (Å²) < 4.78 is 31.3. The van der Waals surface area contributed by atoms with E-state index in [0.717, 1.165) is 49.5 Å². The van der Waals surface area contributed by atoms with Crippen molar-refractivity contribution in [2.24, 2.45) is 0 Å². The minimum atomic E-state index is -2.96. The number of nitrogens with zero attached hydrogens (tertiary/aromatic N) is 3. The zero-order chi connectivity index (χ0) is 23.9. The Kier molecular flexibility index (Phi) is 5.79. The van der Waals surface area contributed by atoms with E-state index in [1.165, 1.54) is 11.8 Å². The maximum absolute atomic E-state index is 13.2. The monoisotopic (exact) mass is 499 g/mol. The van der Waals surface area contributed by atoms with Gasteiger partial charge in [-0.15, -0.1) is 0 Å². The van der Waals surface area contributed by atoms with Crippen LogP contribution in [0.3, 0.4) is 0 Å². The first-order valence-corrected chi connectivity index (χ1v) is 11.9. The molecule has 2 fully saturated rings. The molecule has 1 aromatic heterocycles. The zero-order valence-electron chi connectivity index (χ0n) is 18.7. The second-order valence-electron chi connectivity index (χ2n) is 8.89. The van der Waals surface area contributed by atoms with Crippen LogP contribution >= 0.6 is 11.6 Å². The molecular weight excluding hydrogens is 476 g/mol. The molecule has 2 bridgehead atoms. The van der Waals surface area contributed by atoms with Gasteiger partial charge in [0, 0.05) is 55.7 Å². The van der Waals surface area contributed by atoms with Crippen LogP contribution in [0.4, 0.5) is 37.6 Å². The minimum Gasteiger partial charge on any atom is -0.433 e. The van der Waals surface area contributed by atoms with E-state index in [-0.39, 0.29) is 11.7 Å². The van der Waals surface area contributed by atoms with Gasteiger partial charge in [0.2, 0.25) is 5.95 Å². The second-order valence-corrected chi connectivity index (χ2v) is 9.30. The average molecular weight is 500 g/mol. The summed E-state index contributed by atoms with van der Waals surface area (Å²) in [4.78, 5) is 11.0. The van der Waals surface area contributed by atoms with Crippen molar-refractivity contribution in [3.63, 3.8) is 0 Å². The van der Waals surface area contributed by atoms with E-state index in [1.54, 1.807) is 12.1 Å². The topological polar surface area (TPSA) is 86.4 Å². The lowest BCUT2D eigenvalue weighted by atomic mass is 10.1. The predicted octanol–water partition coefficient (Wildman–Crippen LogP) is 4.37. The summed E-state index contributed by atoms with van der Waals surface area (Å²) in [6.07, 6.45) is 2.52. The highest BCUT2D eigenvalue weighted by atomic mass is 35.5. The van der Waals surface area contributed by atoms with Gasteiger partial charge in [0.25, 0.3) is 0 Å². The molecule has 2 aromatic carbocycles. The van der Waals surface area contributed by atoms with Gasteiger partial charge in [0.1, 0.15) is 5.02 Å². The summed E-state index contributed by atoms with van der Waals surface area (Å²) in [5.74, 6) is 0.658. The molecule has 182 valence electrons. The van der Waals surface area contributed by atoms with E-state index < -0.39 is 6.61 Å². The van der Waals surface area contributed by atoms with Crippen LogP contribution in [0.15, 0.2) is 42.6 Å². The fraction of sp³-hybridized carbons (Fsp3) is 0.333. The predicted molar refractivity (Wildman–Crippen MR) is 131 cm³/mol. The third kappa shape index (κ3) is 4.44. The SMILES string of the molecule is FC(F)Oc1cc(N2C[C@H]3C[C@@H]2CN3)ccc1Nc1ncc(Cl)c(Nc2cccc3c2CNC3)n1. The lowest BCUT2D eigenvalue weighted by molar-refractivity contribution is -0.0493. The van der Waals surface area contributed by atoms with Gasteiger partial charge in [0.05, 0.1) is 11.9 Å². The molecule has 4 heterocycles. The smallest absolute Gasteiger partial charge is 0.387 e. The molecule has 11 heteroatoms. The normalized spacial score (nSPS) is 20.4. The van der Waals surface area contributed by atoms with Crippen molar-refractivity contribution in [3.05, 3.63) is 58.7 Å².